The lowest BCUT2D eigenvalue weighted by Gasteiger charge is -2.21. The van der Waals surface area contributed by atoms with Gasteiger partial charge in [0.25, 0.3) is 0 Å². The fourth-order valence-electron chi connectivity index (χ4n) is 2.03. The summed E-state index contributed by atoms with van der Waals surface area (Å²) in [5.41, 5.74) is 2.73. The minimum absolute atomic E-state index is 0.464. The molecule has 1 rings (SSSR count). The van der Waals surface area contributed by atoms with Gasteiger partial charge in [0.15, 0.2) is 0 Å². The van der Waals surface area contributed by atoms with Gasteiger partial charge in [-0.15, -0.1) is 0 Å². The van der Waals surface area contributed by atoms with Crippen LogP contribution in [0.15, 0.2) is 18.2 Å². The quantitative estimate of drug-likeness (QED) is 0.861. The van der Waals surface area contributed by atoms with Crippen molar-refractivity contribution in [2.24, 2.45) is 0 Å². The van der Waals surface area contributed by atoms with E-state index in [9.17, 15) is 9.59 Å². The van der Waals surface area contributed by atoms with Gasteiger partial charge in [-0.1, -0.05) is 29.3 Å². The molecule has 1 aromatic rings. The highest BCUT2D eigenvalue weighted by Crippen LogP contribution is 2.11. The Bertz CT molecular complexity index is 469. The molecule has 0 aromatic heterocycles. The van der Waals surface area contributed by atoms with Crippen molar-refractivity contribution in [2.75, 3.05) is 0 Å². The number of nitrogens with one attached hydrogen (secondary N) is 1. The average Bonchev–Trinajstić information content (AvgIpc) is 2.23. The topological polar surface area (TPSA) is 55.4 Å². The van der Waals surface area contributed by atoms with Crippen LogP contribution in [0.2, 0.25) is 0 Å². The Hall–Kier alpha value is -1.84. The van der Waals surface area contributed by atoms with Crippen LogP contribution in [0, 0.1) is 13.8 Å². The molecule has 1 N–H and O–H groups in total. The van der Waals surface area contributed by atoms with Crippen LogP contribution in [0.1, 0.15) is 37.5 Å². The standard InChI is InChI=1S/C16H23NO3/c1-11-6-12(2)8-13(7-11)9-14(10-18)17-15(19)20-16(3,4)5/h6-8,10,14H,9H2,1-5H3,(H,17,19)/t14-/m0/s1. The minimum atomic E-state index is -0.578. The molecule has 0 aliphatic heterocycles. The van der Waals surface area contributed by atoms with Crippen molar-refractivity contribution in [1.82, 2.24) is 5.32 Å². The lowest BCUT2D eigenvalue weighted by atomic mass is 10.0. The summed E-state index contributed by atoms with van der Waals surface area (Å²) in [5, 5.41) is 2.58. The first-order valence-corrected chi connectivity index (χ1v) is 6.71. The number of hydrogen-bond donors (Lipinski definition) is 1. The fourth-order valence-corrected chi connectivity index (χ4v) is 2.03. The van der Waals surface area contributed by atoms with Crippen LogP contribution in [-0.2, 0) is 16.0 Å². The Kier molecular flexibility index (Phi) is 5.31. The first-order valence-electron chi connectivity index (χ1n) is 6.71. The van der Waals surface area contributed by atoms with Crippen LogP contribution in [-0.4, -0.2) is 24.0 Å². The van der Waals surface area contributed by atoms with Crippen molar-refractivity contribution >= 4 is 12.4 Å². The molecule has 0 heterocycles. The predicted octanol–water partition coefficient (Wildman–Crippen LogP) is 2.94. The van der Waals surface area contributed by atoms with Crippen LogP contribution in [0.5, 0.6) is 0 Å². The molecule has 0 bridgehead atoms. The molecule has 0 spiro atoms. The molecule has 20 heavy (non-hydrogen) atoms. The largest absolute Gasteiger partial charge is 0.444 e. The summed E-state index contributed by atoms with van der Waals surface area (Å²) in [5.74, 6) is 0. The number of rotatable bonds is 4. The van der Waals surface area contributed by atoms with Crippen molar-refractivity contribution in [3.05, 3.63) is 34.9 Å². The van der Waals surface area contributed by atoms with E-state index < -0.39 is 17.7 Å². The van der Waals surface area contributed by atoms with Gasteiger partial charge in [0.1, 0.15) is 11.9 Å². The number of aldehydes is 1. The van der Waals surface area contributed by atoms with E-state index in [2.05, 4.69) is 11.4 Å². The van der Waals surface area contributed by atoms with Gasteiger partial charge >= 0.3 is 6.09 Å². The molecule has 0 saturated heterocycles. The maximum Gasteiger partial charge on any atom is 0.408 e. The Morgan fingerprint density at radius 2 is 1.80 bits per heavy atom. The molecule has 4 nitrogen and oxygen atoms in total. The number of aryl methyl sites for hydroxylation is 2. The van der Waals surface area contributed by atoms with Gasteiger partial charge in [0, 0.05) is 0 Å². The summed E-state index contributed by atoms with van der Waals surface area (Å²) in [7, 11) is 0. The molecule has 0 unspecified atom stereocenters. The average molecular weight is 277 g/mol. The number of carbonyl (C=O) groups excluding carboxylic acids is 2. The zero-order valence-corrected chi connectivity index (χ0v) is 12.8. The van der Waals surface area contributed by atoms with Gasteiger partial charge in [-0.3, -0.25) is 0 Å². The third-order valence-electron chi connectivity index (χ3n) is 2.60. The number of hydrogen-bond acceptors (Lipinski definition) is 3. The Morgan fingerprint density at radius 1 is 1.25 bits per heavy atom. The predicted molar refractivity (Wildman–Crippen MR) is 78.8 cm³/mol. The van der Waals surface area contributed by atoms with Crippen molar-refractivity contribution in [3.8, 4) is 0 Å². The monoisotopic (exact) mass is 277 g/mol. The summed E-state index contributed by atoms with van der Waals surface area (Å²) >= 11 is 0. The molecule has 0 fully saturated rings. The number of amides is 1. The lowest BCUT2D eigenvalue weighted by Crippen LogP contribution is -2.41. The molecule has 1 amide bonds. The Labute approximate surface area is 120 Å². The summed E-state index contributed by atoms with van der Waals surface area (Å²) in [6.45, 7) is 9.37. The molecule has 1 atom stereocenters. The fraction of sp³-hybridized carbons (Fsp3) is 0.500. The van der Waals surface area contributed by atoms with Gasteiger partial charge in [-0.25, -0.2) is 4.79 Å². The molecule has 1 aromatic carbocycles. The van der Waals surface area contributed by atoms with Crippen LogP contribution in [0.3, 0.4) is 0 Å². The van der Waals surface area contributed by atoms with Crippen molar-refractivity contribution in [3.63, 3.8) is 0 Å². The van der Waals surface area contributed by atoms with Crippen LogP contribution >= 0.6 is 0 Å². The second kappa shape index (κ2) is 6.55. The summed E-state index contributed by atoms with van der Waals surface area (Å²) in [6.07, 6.45) is 0.631. The molecule has 0 saturated carbocycles. The second-order valence-corrected chi connectivity index (χ2v) is 6.09. The summed E-state index contributed by atoms with van der Waals surface area (Å²) in [4.78, 5) is 22.8. The van der Waals surface area contributed by atoms with Gasteiger partial charge in [0.2, 0.25) is 0 Å². The molecule has 110 valence electrons. The number of ether oxygens (including phenoxy) is 1. The molecule has 0 aliphatic carbocycles. The molecular formula is C16H23NO3. The first kappa shape index (κ1) is 16.2. The molecule has 0 aliphatic rings. The van der Waals surface area contributed by atoms with E-state index in [1.165, 1.54) is 0 Å². The third-order valence-corrected chi connectivity index (χ3v) is 2.60. The van der Waals surface area contributed by atoms with Crippen LogP contribution in [0.4, 0.5) is 4.79 Å². The van der Waals surface area contributed by atoms with Crippen molar-refractivity contribution in [2.45, 2.75) is 52.7 Å². The number of alkyl carbamates (subject to hydrolysis) is 1. The molecule has 4 heteroatoms. The highest BCUT2D eigenvalue weighted by molar-refractivity contribution is 5.73. The van der Waals surface area contributed by atoms with Gasteiger partial charge in [0.05, 0.1) is 6.04 Å². The number of carbonyl (C=O) groups is 2. The minimum Gasteiger partial charge on any atom is -0.444 e. The van der Waals surface area contributed by atoms with E-state index in [1.807, 2.05) is 26.0 Å². The SMILES string of the molecule is Cc1cc(C)cc(C[C@@H](C=O)NC(=O)OC(C)(C)C)c1. The highest BCUT2D eigenvalue weighted by Gasteiger charge is 2.19. The molecule has 0 radical (unpaired) electrons. The smallest absolute Gasteiger partial charge is 0.408 e. The molecular weight excluding hydrogens is 254 g/mol. The van der Waals surface area contributed by atoms with Crippen molar-refractivity contribution < 1.29 is 14.3 Å². The van der Waals surface area contributed by atoms with E-state index >= 15 is 0 Å². The Morgan fingerprint density at radius 3 is 2.25 bits per heavy atom. The Balaban J connectivity index is 2.68. The van der Waals surface area contributed by atoms with E-state index in [1.54, 1.807) is 20.8 Å². The highest BCUT2D eigenvalue weighted by atomic mass is 16.6. The third kappa shape index (κ3) is 5.87. The van der Waals surface area contributed by atoms with E-state index in [0.717, 1.165) is 23.0 Å². The number of benzene rings is 1. The van der Waals surface area contributed by atoms with Gasteiger partial charge < -0.3 is 14.8 Å². The maximum absolute atomic E-state index is 11.7. The normalized spacial score (nSPS) is 12.7. The van der Waals surface area contributed by atoms with E-state index in [-0.39, 0.29) is 0 Å². The first-order chi connectivity index (χ1) is 9.19. The van der Waals surface area contributed by atoms with E-state index in [4.69, 9.17) is 4.74 Å². The zero-order valence-electron chi connectivity index (χ0n) is 12.8. The summed E-state index contributed by atoms with van der Waals surface area (Å²) in [6, 6.07) is 5.52. The van der Waals surface area contributed by atoms with Gasteiger partial charge in [-0.2, -0.15) is 0 Å². The van der Waals surface area contributed by atoms with Crippen LogP contribution in [0.25, 0.3) is 0 Å². The lowest BCUT2D eigenvalue weighted by molar-refractivity contribution is -0.109. The van der Waals surface area contributed by atoms with Crippen LogP contribution < -0.4 is 5.32 Å². The maximum atomic E-state index is 11.7. The van der Waals surface area contributed by atoms with E-state index in [0.29, 0.717) is 6.42 Å². The van der Waals surface area contributed by atoms with Gasteiger partial charge in [-0.05, 0) is 46.6 Å². The summed E-state index contributed by atoms with van der Waals surface area (Å²) < 4.78 is 5.15. The second-order valence-electron chi connectivity index (χ2n) is 6.09. The zero-order chi connectivity index (χ0) is 15.3. The van der Waals surface area contributed by atoms with Crippen molar-refractivity contribution in [1.29, 1.82) is 0 Å².